The number of nitrogen functional groups attached to an aromatic ring is 1. The maximum atomic E-state index is 6.09. The number of fused-ring (bicyclic) bond motifs is 1. The molecule has 0 aliphatic heterocycles. The van der Waals surface area contributed by atoms with E-state index in [0.29, 0.717) is 6.04 Å². The van der Waals surface area contributed by atoms with Gasteiger partial charge in [0.15, 0.2) is 0 Å². The molecule has 1 atom stereocenters. The first-order valence-electron chi connectivity index (χ1n) is 8.19. The van der Waals surface area contributed by atoms with Crippen molar-refractivity contribution < 1.29 is 0 Å². The van der Waals surface area contributed by atoms with E-state index in [1.54, 1.807) is 0 Å². The third-order valence-electron chi connectivity index (χ3n) is 4.84. The Hall–Kier alpha value is -1.87. The van der Waals surface area contributed by atoms with E-state index in [2.05, 4.69) is 41.2 Å². The van der Waals surface area contributed by atoms with Crippen LogP contribution in [0.2, 0.25) is 0 Å². The molecule has 0 bridgehead atoms. The molecule has 3 heteroatoms. The minimum absolute atomic E-state index is 0.645. The molecule has 0 fully saturated rings. The molecule has 0 amide bonds. The van der Waals surface area contributed by atoms with Crippen molar-refractivity contribution in [1.82, 2.24) is 9.88 Å². The van der Waals surface area contributed by atoms with Crippen LogP contribution < -0.4 is 5.73 Å². The highest BCUT2D eigenvalue weighted by molar-refractivity contribution is 5.52. The van der Waals surface area contributed by atoms with E-state index < -0.39 is 0 Å². The summed E-state index contributed by atoms with van der Waals surface area (Å²) in [4.78, 5) is 6.59. The van der Waals surface area contributed by atoms with Gasteiger partial charge < -0.3 is 10.6 Å². The smallest absolute Gasteiger partial charge is 0.0349 e. The van der Waals surface area contributed by atoms with Crippen LogP contribution in [-0.4, -0.2) is 29.5 Å². The number of rotatable bonds is 5. The first kappa shape index (κ1) is 15.0. The van der Waals surface area contributed by atoms with Gasteiger partial charge >= 0.3 is 0 Å². The van der Waals surface area contributed by atoms with Gasteiger partial charge in [-0.2, -0.15) is 0 Å². The van der Waals surface area contributed by atoms with Crippen LogP contribution in [0.5, 0.6) is 0 Å². The van der Waals surface area contributed by atoms with Crippen molar-refractivity contribution in [3.8, 4) is 0 Å². The van der Waals surface area contributed by atoms with Crippen LogP contribution in [0.15, 0.2) is 42.7 Å². The number of aromatic nitrogens is 1. The topological polar surface area (TPSA) is 42.2 Å². The molecule has 0 saturated heterocycles. The van der Waals surface area contributed by atoms with Gasteiger partial charge in [0, 0.05) is 24.1 Å². The van der Waals surface area contributed by atoms with Crippen molar-refractivity contribution in [2.75, 3.05) is 19.3 Å². The number of nitrogens with zero attached hydrogens (tertiary/aromatic N) is 2. The van der Waals surface area contributed by atoms with Crippen LogP contribution >= 0.6 is 0 Å². The van der Waals surface area contributed by atoms with Crippen molar-refractivity contribution in [1.29, 1.82) is 0 Å². The maximum absolute atomic E-state index is 6.09. The lowest BCUT2D eigenvalue weighted by molar-refractivity contribution is 0.220. The molecular formula is C19H25N3. The van der Waals surface area contributed by atoms with E-state index in [-0.39, 0.29) is 0 Å². The zero-order chi connectivity index (χ0) is 15.4. The van der Waals surface area contributed by atoms with Gasteiger partial charge in [-0.05, 0) is 80.6 Å². The molecule has 22 heavy (non-hydrogen) atoms. The van der Waals surface area contributed by atoms with Crippen molar-refractivity contribution in [2.45, 2.75) is 38.1 Å². The van der Waals surface area contributed by atoms with Gasteiger partial charge in [0.2, 0.25) is 0 Å². The summed E-state index contributed by atoms with van der Waals surface area (Å²) in [5, 5.41) is 0. The van der Waals surface area contributed by atoms with Gasteiger partial charge in [0.25, 0.3) is 0 Å². The molecular weight excluding hydrogens is 270 g/mol. The van der Waals surface area contributed by atoms with E-state index in [1.165, 1.54) is 29.5 Å². The highest BCUT2D eigenvalue weighted by Gasteiger charge is 2.22. The van der Waals surface area contributed by atoms with Crippen LogP contribution in [0, 0.1) is 0 Å². The second-order valence-electron chi connectivity index (χ2n) is 6.32. The number of likely N-dealkylation sites (N-methyl/N-ethyl adjacent to an activating group) is 1. The zero-order valence-electron chi connectivity index (χ0n) is 13.3. The van der Waals surface area contributed by atoms with Crippen molar-refractivity contribution in [3.05, 3.63) is 59.4 Å². The zero-order valence-corrected chi connectivity index (χ0v) is 13.3. The van der Waals surface area contributed by atoms with Crippen molar-refractivity contribution >= 4 is 5.69 Å². The van der Waals surface area contributed by atoms with E-state index in [9.17, 15) is 0 Å². The molecule has 2 N–H and O–H groups in total. The minimum atomic E-state index is 0.645. The Balaban J connectivity index is 1.52. The molecule has 116 valence electrons. The van der Waals surface area contributed by atoms with Gasteiger partial charge in [-0.25, -0.2) is 0 Å². The van der Waals surface area contributed by atoms with Gasteiger partial charge in [-0.1, -0.05) is 12.1 Å². The standard InChI is InChI=1S/C19H25N3/c1-22(13-3-4-15-9-11-21-12-10-15)17-7-8-18-16(14-17)5-2-6-19(18)20/h2,5-6,9-12,17H,3-4,7-8,13-14,20H2,1H3. The molecule has 1 aliphatic rings. The van der Waals surface area contributed by atoms with Gasteiger partial charge in [0.1, 0.15) is 0 Å². The first-order chi connectivity index (χ1) is 10.7. The Labute approximate surface area is 133 Å². The van der Waals surface area contributed by atoms with E-state index in [4.69, 9.17) is 5.73 Å². The monoisotopic (exact) mass is 295 g/mol. The quantitative estimate of drug-likeness (QED) is 0.862. The summed E-state index contributed by atoms with van der Waals surface area (Å²) in [7, 11) is 2.26. The van der Waals surface area contributed by atoms with Crippen LogP contribution in [0.4, 0.5) is 5.69 Å². The summed E-state index contributed by atoms with van der Waals surface area (Å²) in [5.41, 5.74) is 11.3. The Kier molecular flexibility index (Phi) is 4.74. The number of hydrogen-bond acceptors (Lipinski definition) is 3. The summed E-state index contributed by atoms with van der Waals surface area (Å²) in [6, 6.07) is 11.2. The number of aryl methyl sites for hydroxylation is 1. The molecule has 0 radical (unpaired) electrons. The van der Waals surface area contributed by atoms with Crippen LogP contribution in [0.3, 0.4) is 0 Å². The second kappa shape index (κ2) is 6.93. The van der Waals surface area contributed by atoms with Gasteiger partial charge in [0.05, 0.1) is 0 Å². The van der Waals surface area contributed by atoms with Crippen molar-refractivity contribution in [2.24, 2.45) is 0 Å². The fraction of sp³-hybridized carbons (Fsp3) is 0.421. The molecule has 2 aromatic rings. The summed E-state index contributed by atoms with van der Waals surface area (Å²) < 4.78 is 0. The van der Waals surface area contributed by atoms with Crippen LogP contribution in [0.1, 0.15) is 29.5 Å². The maximum Gasteiger partial charge on any atom is 0.0349 e. The molecule has 1 unspecified atom stereocenters. The Morgan fingerprint density at radius 2 is 2.05 bits per heavy atom. The normalized spacial score (nSPS) is 17.5. The lowest BCUT2D eigenvalue weighted by atomic mass is 9.86. The summed E-state index contributed by atoms with van der Waals surface area (Å²) in [5.74, 6) is 0. The van der Waals surface area contributed by atoms with E-state index in [0.717, 1.165) is 31.5 Å². The summed E-state index contributed by atoms with van der Waals surface area (Å²) in [6.07, 6.45) is 9.54. The molecule has 1 aromatic carbocycles. The second-order valence-corrected chi connectivity index (χ2v) is 6.32. The highest BCUT2D eigenvalue weighted by Crippen LogP contribution is 2.28. The Bertz CT molecular complexity index is 609. The number of nitrogens with two attached hydrogens (primary N) is 1. The Morgan fingerprint density at radius 3 is 2.86 bits per heavy atom. The third-order valence-corrected chi connectivity index (χ3v) is 4.84. The molecule has 0 saturated carbocycles. The third kappa shape index (κ3) is 3.47. The molecule has 1 aliphatic carbocycles. The van der Waals surface area contributed by atoms with Gasteiger partial charge in [-0.15, -0.1) is 0 Å². The molecule has 3 nitrogen and oxygen atoms in total. The average Bonchev–Trinajstić information content (AvgIpc) is 2.55. The fourth-order valence-electron chi connectivity index (χ4n) is 3.46. The van der Waals surface area contributed by atoms with E-state index in [1.807, 2.05) is 18.5 Å². The average molecular weight is 295 g/mol. The number of hydrogen-bond donors (Lipinski definition) is 1. The summed E-state index contributed by atoms with van der Waals surface area (Å²) >= 11 is 0. The van der Waals surface area contributed by atoms with Crippen LogP contribution in [0.25, 0.3) is 0 Å². The molecule has 3 rings (SSSR count). The first-order valence-corrected chi connectivity index (χ1v) is 8.19. The highest BCUT2D eigenvalue weighted by atomic mass is 15.1. The van der Waals surface area contributed by atoms with E-state index >= 15 is 0 Å². The number of benzene rings is 1. The van der Waals surface area contributed by atoms with Gasteiger partial charge in [-0.3, -0.25) is 4.98 Å². The fourth-order valence-corrected chi connectivity index (χ4v) is 3.46. The molecule has 1 aromatic heterocycles. The van der Waals surface area contributed by atoms with Crippen molar-refractivity contribution in [3.63, 3.8) is 0 Å². The SMILES string of the molecule is CN(CCCc1ccncc1)C1CCc2c(N)cccc2C1. The summed E-state index contributed by atoms with van der Waals surface area (Å²) in [6.45, 7) is 1.14. The lowest BCUT2D eigenvalue weighted by Gasteiger charge is -2.33. The Morgan fingerprint density at radius 1 is 1.23 bits per heavy atom. The number of pyridine rings is 1. The number of anilines is 1. The lowest BCUT2D eigenvalue weighted by Crippen LogP contribution is -2.37. The largest absolute Gasteiger partial charge is 0.398 e. The predicted molar refractivity (Wildman–Crippen MR) is 91.9 cm³/mol. The van der Waals surface area contributed by atoms with Crippen LogP contribution in [-0.2, 0) is 19.3 Å². The molecule has 1 heterocycles. The predicted octanol–water partition coefficient (Wildman–Crippen LogP) is 3.09. The molecule has 0 spiro atoms. The minimum Gasteiger partial charge on any atom is -0.398 e.